The number of amidine groups is 1. The molecule has 0 fully saturated rings. The van der Waals surface area contributed by atoms with Crippen LogP contribution in [0.2, 0.25) is 5.02 Å². The van der Waals surface area contributed by atoms with Crippen molar-refractivity contribution in [3.63, 3.8) is 0 Å². The lowest BCUT2D eigenvalue weighted by Crippen LogP contribution is -2.17. The van der Waals surface area contributed by atoms with E-state index >= 15 is 0 Å². The van der Waals surface area contributed by atoms with E-state index < -0.39 is 0 Å². The maximum atomic E-state index is 8.76. The fraction of sp³-hybridized carbons (Fsp3) is 0. The Hall–Kier alpha value is -1.28. The maximum absolute atomic E-state index is 8.76. The number of oxime groups is 1. The molecule has 0 saturated carbocycles. The molecule has 1 aromatic carbocycles. The van der Waals surface area contributed by atoms with Gasteiger partial charge in [-0.3, -0.25) is 0 Å². The molecule has 1 aromatic heterocycles. The molecule has 5 nitrogen and oxygen atoms in total. The lowest BCUT2D eigenvalue weighted by atomic mass is 10.1. The predicted octanol–water partition coefficient (Wildman–Crippen LogP) is 2.22. The Morgan fingerprint density at radius 1 is 1.53 bits per heavy atom. The Balaban J connectivity index is 2.66. The van der Waals surface area contributed by atoms with Gasteiger partial charge in [-0.05, 0) is 34.7 Å². The molecule has 0 aliphatic carbocycles. The molecule has 2 rings (SSSR count). The molecule has 17 heavy (non-hydrogen) atoms. The van der Waals surface area contributed by atoms with Gasteiger partial charge in [-0.1, -0.05) is 22.8 Å². The topological polar surface area (TPSA) is 76.4 Å². The van der Waals surface area contributed by atoms with Gasteiger partial charge in [-0.2, -0.15) is 5.10 Å². The molecule has 0 unspecified atom stereocenters. The molecule has 0 radical (unpaired) electrons. The molecular formula is C10H8ClIN4O. The van der Waals surface area contributed by atoms with Crippen molar-refractivity contribution in [3.05, 3.63) is 44.7 Å². The van der Waals surface area contributed by atoms with E-state index in [1.807, 2.05) is 6.20 Å². The Morgan fingerprint density at radius 2 is 2.29 bits per heavy atom. The molecule has 3 N–H and O–H groups in total. The largest absolute Gasteiger partial charge is 0.409 e. The minimum atomic E-state index is -0.0453. The number of rotatable bonds is 2. The first-order valence-electron chi connectivity index (χ1n) is 4.60. The van der Waals surface area contributed by atoms with Gasteiger partial charge in [0.2, 0.25) is 0 Å². The number of aromatic nitrogens is 2. The number of hydrogen-bond acceptors (Lipinski definition) is 3. The van der Waals surface area contributed by atoms with Crippen LogP contribution in [0.25, 0.3) is 5.69 Å². The predicted molar refractivity (Wildman–Crippen MR) is 73.8 cm³/mol. The van der Waals surface area contributed by atoms with Gasteiger partial charge in [0.15, 0.2) is 5.84 Å². The van der Waals surface area contributed by atoms with Crippen LogP contribution in [-0.2, 0) is 0 Å². The molecule has 0 amide bonds. The highest BCUT2D eigenvalue weighted by Gasteiger charge is 2.13. The molecule has 1 heterocycles. The maximum Gasteiger partial charge on any atom is 0.173 e. The summed E-state index contributed by atoms with van der Waals surface area (Å²) in [4.78, 5) is 0. The van der Waals surface area contributed by atoms with Crippen molar-refractivity contribution >= 4 is 40.0 Å². The van der Waals surface area contributed by atoms with E-state index in [1.165, 1.54) is 0 Å². The zero-order valence-electron chi connectivity index (χ0n) is 8.51. The molecule has 0 spiro atoms. The van der Waals surface area contributed by atoms with Gasteiger partial charge in [0, 0.05) is 6.20 Å². The van der Waals surface area contributed by atoms with E-state index in [9.17, 15) is 0 Å². The Bertz CT molecular complexity index is 581. The van der Waals surface area contributed by atoms with E-state index in [-0.39, 0.29) is 5.84 Å². The third kappa shape index (κ3) is 2.37. The summed E-state index contributed by atoms with van der Waals surface area (Å²) in [7, 11) is 0. The third-order valence-corrected chi connectivity index (χ3v) is 3.03. The Labute approximate surface area is 116 Å². The molecular weight excluding hydrogens is 354 g/mol. The van der Waals surface area contributed by atoms with Gasteiger partial charge in [0.25, 0.3) is 0 Å². The van der Waals surface area contributed by atoms with E-state index in [4.69, 9.17) is 22.5 Å². The van der Waals surface area contributed by atoms with Crippen LogP contribution in [0.1, 0.15) is 5.56 Å². The van der Waals surface area contributed by atoms with Crippen LogP contribution >= 0.6 is 34.2 Å². The quantitative estimate of drug-likeness (QED) is 0.283. The van der Waals surface area contributed by atoms with Crippen molar-refractivity contribution in [2.75, 3.05) is 0 Å². The summed E-state index contributed by atoms with van der Waals surface area (Å²) in [6, 6.07) is 5.25. The van der Waals surface area contributed by atoms with Crippen molar-refractivity contribution in [1.82, 2.24) is 9.78 Å². The Morgan fingerprint density at radius 3 is 2.88 bits per heavy atom. The first-order chi connectivity index (χ1) is 8.13. The lowest BCUT2D eigenvalue weighted by Gasteiger charge is -2.09. The van der Waals surface area contributed by atoms with Crippen LogP contribution < -0.4 is 5.73 Å². The van der Waals surface area contributed by atoms with Crippen LogP contribution in [0.4, 0.5) is 0 Å². The summed E-state index contributed by atoms with van der Waals surface area (Å²) in [6.07, 6.45) is 3.53. The van der Waals surface area contributed by atoms with Gasteiger partial charge in [0.05, 0.1) is 26.0 Å². The lowest BCUT2D eigenvalue weighted by molar-refractivity contribution is 0.318. The fourth-order valence-electron chi connectivity index (χ4n) is 1.44. The normalized spacial score (nSPS) is 11.8. The summed E-state index contributed by atoms with van der Waals surface area (Å²) in [5, 5.41) is 16.3. The van der Waals surface area contributed by atoms with Crippen LogP contribution in [0.5, 0.6) is 0 Å². The first-order valence-corrected chi connectivity index (χ1v) is 6.06. The van der Waals surface area contributed by atoms with Crippen LogP contribution in [0.15, 0.2) is 35.7 Å². The molecule has 88 valence electrons. The summed E-state index contributed by atoms with van der Waals surface area (Å²) in [5.41, 5.74) is 6.73. The second kappa shape index (κ2) is 4.92. The average Bonchev–Trinajstić information content (AvgIpc) is 2.74. The zero-order valence-corrected chi connectivity index (χ0v) is 11.4. The van der Waals surface area contributed by atoms with Crippen molar-refractivity contribution < 1.29 is 5.21 Å². The Kier molecular flexibility index (Phi) is 3.53. The summed E-state index contributed by atoms with van der Waals surface area (Å²) in [6.45, 7) is 0. The van der Waals surface area contributed by atoms with Gasteiger partial charge < -0.3 is 10.9 Å². The number of halogens is 2. The molecule has 0 atom stereocenters. The van der Waals surface area contributed by atoms with Crippen molar-refractivity contribution in [3.8, 4) is 5.69 Å². The molecule has 2 aromatic rings. The molecule has 0 aliphatic heterocycles. The summed E-state index contributed by atoms with van der Waals surface area (Å²) in [5.74, 6) is -0.0453. The average molecular weight is 363 g/mol. The highest BCUT2D eigenvalue weighted by atomic mass is 127. The van der Waals surface area contributed by atoms with Gasteiger partial charge >= 0.3 is 0 Å². The van der Waals surface area contributed by atoms with Crippen molar-refractivity contribution in [2.24, 2.45) is 10.9 Å². The van der Waals surface area contributed by atoms with E-state index in [1.54, 1.807) is 29.1 Å². The summed E-state index contributed by atoms with van der Waals surface area (Å²) >= 11 is 8.19. The van der Waals surface area contributed by atoms with Crippen LogP contribution in [0, 0.1) is 3.57 Å². The monoisotopic (exact) mass is 362 g/mol. The first kappa shape index (κ1) is 12.2. The number of hydrogen-bond donors (Lipinski definition) is 2. The van der Waals surface area contributed by atoms with Crippen molar-refractivity contribution in [2.45, 2.75) is 0 Å². The molecule has 7 heteroatoms. The number of benzene rings is 1. The van der Waals surface area contributed by atoms with E-state index in [2.05, 4.69) is 32.8 Å². The van der Waals surface area contributed by atoms with Crippen LogP contribution in [0.3, 0.4) is 0 Å². The minimum absolute atomic E-state index is 0.0453. The van der Waals surface area contributed by atoms with Gasteiger partial charge in [0.1, 0.15) is 0 Å². The number of nitrogens with zero attached hydrogens (tertiary/aromatic N) is 3. The second-order valence-electron chi connectivity index (χ2n) is 3.22. The standard InChI is InChI=1S/C10H8ClIN4O/c11-7-2-1-3-8(9(7)10(13)15-17)16-5-6(12)4-14-16/h1-5,17H,(H2,13,15). The SMILES string of the molecule is NC(=NO)c1c(Cl)cccc1-n1cc(I)cn1. The molecule has 0 aliphatic rings. The van der Waals surface area contributed by atoms with Crippen LogP contribution in [-0.4, -0.2) is 20.8 Å². The zero-order chi connectivity index (χ0) is 12.4. The third-order valence-electron chi connectivity index (χ3n) is 2.15. The highest BCUT2D eigenvalue weighted by molar-refractivity contribution is 14.1. The van der Waals surface area contributed by atoms with Gasteiger partial charge in [-0.15, -0.1) is 0 Å². The van der Waals surface area contributed by atoms with Crippen molar-refractivity contribution in [1.29, 1.82) is 0 Å². The number of nitrogens with two attached hydrogens (primary N) is 1. The minimum Gasteiger partial charge on any atom is -0.409 e. The fourth-order valence-corrected chi connectivity index (χ4v) is 2.09. The molecule has 0 saturated heterocycles. The smallest absolute Gasteiger partial charge is 0.173 e. The van der Waals surface area contributed by atoms with E-state index in [0.29, 0.717) is 16.3 Å². The second-order valence-corrected chi connectivity index (χ2v) is 4.88. The highest BCUT2D eigenvalue weighted by Crippen LogP contribution is 2.23. The van der Waals surface area contributed by atoms with Gasteiger partial charge in [-0.25, -0.2) is 4.68 Å². The molecule has 0 bridgehead atoms. The van der Waals surface area contributed by atoms with E-state index in [0.717, 1.165) is 3.57 Å². The summed E-state index contributed by atoms with van der Waals surface area (Å²) < 4.78 is 2.61.